The van der Waals surface area contributed by atoms with E-state index >= 15 is 0 Å². The van der Waals surface area contributed by atoms with Gasteiger partial charge < -0.3 is 28.5 Å². The summed E-state index contributed by atoms with van der Waals surface area (Å²) in [5, 5.41) is 22.8. The predicted molar refractivity (Wildman–Crippen MR) is 125 cm³/mol. The Labute approximate surface area is 193 Å². The van der Waals surface area contributed by atoms with Crippen LogP contribution in [0, 0.1) is 0 Å². The van der Waals surface area contributed by atoms with E-state index in [1.54, 1.807) is 0 Å². The summed E-state index contributed by atoms with van der Waals surface area (Å²) in [6, 6.07) is 0. The molecular weight excluding hydrogens is 448 g/mol. The zero-order chi connectivity index (χ0) is 25.1. The van der Waals surface area contributed by atoms with E-state index < -0.39 is 58.6 Å². The minimum Gasteiger partial charge on any atom is -0.466 e. The number of hydrogen-bond donors (Lipinski definition) is 2. The van der Waals surface area contributed by atoms with Crippen LogP contribution in [0.15, 0.2) is 11.6 Å². The highest BCUT2D eigenvalue weighted by Gasteiger charge is 2.73. The fraction of sp³-hybridized carbons (Fsp3) is 0.818. The summed E-state index contributed by atoms with van der Waals surface area (Å²) in [6.07, 6.45) is -0.633. The molecule has 4 atom stereocenters. The number of hydrogen-bond acceptors (Lipinski definition) is 8. The van der Waals surface area contributed by atoms with Gasteiger partial charge in [0, 0.05) is 0 Å². The lowest BCUT2D eigenvalue weighted by atomic mass is 9.70. The van der Waals surface area contributed by atoms with Crippen LogP contribution in [0.4, 0.5) is 0 Å². The number of aliphatic hydroxyl groups is 2. The van der Waals surface area contributed by atoms with Crippen LogP contribution in [0.25, 0.3) is 0 Å². The van der Waals surface area contributed by atoms with Gasteiger partial charge in [0.05, 0.1) is 18.8 Å². The molecule has 32 heavy (non-hydrogen) atoms. The topological polar surface area (TPSA) is 112 Å². The van der Waals surface area contributed by atoms with Crippen molar-refractivity contribution in [2.75, 3.05) is 13.7 Å². The first-order chi connectivity index (χ1) is 14.2. The van der Waals surface area contributed by atoms with Crippen LogP contribution in [0.1, 0.15) is 41.5 Å². The lowest BCUT2D eigenvalue weighted by Crippen LogP contribution is -2.72. The van der Waals surface area contributed by atoms with Crippen LogP contribution in [-0.2, 0) is 27.9 Å². The molecule has 1 fully saturated rings. The summed E-state index contributed by atoms with van der Waals surface area (Å²) in [6.45, 7) is 20.0. The van der Waals surface area contributed by atoms with Crippen LogP contribution in [0.5, 0.6) is 0 Å². The van der Waals surface area contributed by atoms with E-state index in [0.717, 1.165) is 7.11 Å². The van der Waals surface area contributed by atoms with Gasteiger partial charge in [0.15, 0.2) is 22.2 Å². The Morgan fingerprint density at radius 3 is 1.94 bits per heavy atom. The SMILES string of the molecule is COC(=O)C1=C[C@@H](O[Si](C)(C)C(C)(C)C)[C@@H](O[Si](C)(C)C(C)(C)C)[C@@]2(O)COC(=O)[C@@]12O. The van der Waals surface area contributed by atoms with E-state index in [2.05, 4.69) is 20.8 Å². The molecule has 0 bridgehead atoms. The number of methoxy groups -OCH3 is 1. The number of rotatable bonds is 5. The van der Waals surface area contributed by atoms with Crippen molar-refractivity contribution < 1.29 is 38.1 Å². The fourth-order valence-corrected chi connectivity index (χ4v) is 5.98. The quantitative estimate of drug-likeness (QED) is 0.449. The van der Waals surface area contributed by atoms with Gasteiger partial charge in [-0.25, -0.2) is 9.59 Å². The van der Waals surface area contributed by atoms with E-state index in [9.17, 15) is 19.8 Å². The lowest BCUT2D eigenvalue weighted by Gasteiger charge is -2.52. The molecule has 2 aliphatic rings. The molecule has 0 aromatic carbocycles. The van der Waals surface area contributed by atoms with Crippen molar-refractivity contribution in [3.63, 3.8) is 0 Å². The second-order valence-corrected chi connectivity index (χ2v) is 21.4. The number of carbonyl (C=O) groups excluding carboxylic acids is 2. The van der Waals surface area contributed by atoms with Gasteiger partial charge in [0.1, 0.15) is 12.7 Å². The third-order valence-corrected chi connectivity index (χ3v) is 16.6. The molecule has 0 spiro atoms. The maximum atomic E-state index is 12.7. The average Bonchev–Trinajstić information content (AvgIpc) is 2.86. The largest absolute Gasteiger partial charge is 0.466 e. The first-order valence-corrected chi connectivity index (χ1v) is 16.8. The summed E-state index contributed by atoms with van der Waals surface area (Å²) < 4.78 is 23.2. The van der Waals surface area contributed by atoms with Crippen molar-refractivity contribution >= 4 is 28.6 Å². The molecule has 0 radical (unpaired) electrons. The van der Waals surface area contributed by atoms with Gasteiger partial charge in [-0.15, -0.1) is 0 Å². The molecule has 0 saturated carbocycles. The van der Waals surface area contributed by atoms with E-state index in [1.807, 2.05) is 47.0 Å². The Morgan fingerprint density at radius 2 is 1.50 bits per heavy atom. The third-order valence-electron chi connectivity index (χ3n) is 7.71. The van der Waals surface area contributed by atoms with Crippen molar-refractivity contribution in [2.45, 2.75) is 101 Å². The van der Waals surface area contributed by atoms with Crippen molar-refractivity contribution in [3.8, 4) is 0 Å². The molecule has 184 valence electrons. The monoisotopic (exact) mass is 488 g/mol. The summed E-state index contributed by atoms with van der Waals surface area (Å²) >= 11 is 0. The van der Waals surface area contributed by atoms with Crippen LogP contribution in [0.2, 0.25) is 36.3 Å². The van der Waals surface area contributed by atoms with Crippen molar-refractivity contribution in [2.24, 2.45) is 0 Å². The van der Waals surface area contributed by atoms with Gasteiger partial charge in [-0.05, 0) is 42.3 Å². The zero-order valence-electron chi connectivity index (χ0n) is 21.3. The minimum absolute atomic E-state index is 0.174. The van der Waals surface area contributed by atoms with Gasteiger partial charge in [-0.3, -0.25) is 0 Å². The smallest absolute Gasteiger partial charge is 0.346 e. The Kier molecular flexibility index (Phi) is 6.82. The van der Waals surface area contributed by atoms with E-state index in [1.165, 1.54) is 6.08 Å². The predicted octanol–water partition coefficient (Wildman–Crippen LogP) is 2.90. The van der Waals surface area contributed by atoms with Crippen molar-refractivity contribution in [1.29, 1.82) is 0 Å². The molecule has 1 heterocycles. The van der Waals surface area contributed by atoms with Crippen molar-refractivity contribution in [3.05, 3.63) is 11.6 Å². The zero-order valence-corrected chi connectivity index (χ0v) is 23.3. The minimum atomic E-state index is -2.61. The molecular formula is C22H40O8Si2. The third kappa shape index (κ3) is 4.14. The number of fused-ring (bicyclic) bond motifs is 1. The molecule has 2 rings (SSSR count). The number of ether oxygens (including phenoxy) is 2. The van der Waals surface area contributed by atoms with E-state index in [0.29, 0.717) is 0 Å². The number of esters is 2. The molecule has 2 N–H and O–H groups in total. The highest BCUT2D eigenvalue weighted by molar-refractivity contribution is 6.74. The highest BCUT2D eigenvalue weighted by Crippen LogP contribution is 2.50. The van der Waals surface area contributed by atoms with Crippen LogP contribution < -0.4 is 0 Å². The maximum Gasteiger partial charge on any atom is 0.346 e. The molecule has 1 aliphatic carbocycles. The molecule has 0 aromatic rings. The first-order valence-electron chi connectivity index (χ1n) is 10.9. The second-order valence-electron chi connectivity index (χ2n) is 11.9. The normalized spacial score (nSPS) is 31.7. The number of cyclic esters (lactones) is 1. The first kappa shape index (κ1) is 27.2. The molecule has 8 nitrogen and oxygen atoms in total. The van der Waals surface area contributed by atoms with Crippen LogP contribution >= 0.6 is 0 Å². The van der Waals surface area contributed by atoms with Gasteiger partial charge in [-0.2, -0.15) is 0 Å². The Bertz CT molecular complexity index is 808. The molecule has 1 aliphatic heterocycles. The summed E-state index contributed by atoms with van der Waals surface area (Å²) in [5.74, 6) is -2.04. The number of carbonyl (C=O) groups is 2. The Morgan fingerprint density at radius 1 is 1.03 bits per heavy atom. The van der Waals surface area contributed by atoms with Gasteiger partial charge >= 0.3 is 11.9 Å². The van der Waals surface area contributed by atoms with Crippen molar-refractivity contribution in [1.82, 2.24) is 0 Å². The highest BCUT2D eigenvalue weighted by atomic mass is 28.4. The summed E-state index contributed by atoms with van der Waals surface area (Å²) in [5.41, 5.74) is -5.21. The van der Waals surface area contributed by atoms with Crippen LogP contribution in [0.3, 0.4) is 0 Å². The summed E-state index contributed by atoms with van der Waals surface area (Å²) in [7, 11) is -3.80. The standard InChI is InChI=1S/C22H40O8Si2/c1-19(2,3)31(8,9)29-15-12-14(17(23)27-7)22(26)18(24)28-13-21(22,25)16(15)30-32(10,11)20(4,5)6/h12,15-16,25-26H,13H2,1-11H3/t15-,16-,21+,22+/m1/s1. The molecule has 1 saturated heterocycles. The lowest BCUT2D eigenvalue weighted by molar-refractivity contribution is -0.190. The molecule has 0 amide bonds. The van der Waals surface area contributed by atoms with Gasteiger partial charge in [0.2, 0.25) is 5.60 Å². The summed E-state index contributed by atoms with van der Waals surface area (Å²) in [4.78, 5) is 25.3. The Balaban J connectivity index is 2.74. The van der Waals surface area contributed by atoms with E-state index in [-0.39, 0.29) is 15.6 Å². The average molecular weight is 489 g/mol. The maximum absolute atomic E-state index is 12.7. The molecule has 10 heteroatoms. The van der Waals surface area contributed by atoms with E-state index in [4.69, 9.17) is 18.3 Å². The Hall–Kier alpha value is -1.05. The fourth-order valence-electron chi connectivity index (χ4n) is 3.43. The van der Waals surface area contributed by atoms with Crippen LogP contribution in [-0.4, -0.2) is 75.9 Å². The second kappa shape index (κ2) is 8.02. The molecule has 0 aromatic heterocycles. The van der Waals surface area contributed by atoms with Gasteiger partial charge in [0.25, 0.3) is 0 Å². The molecule has 0 unspecified atom stereocenters. The van der Waals surface area contributed by atoms with Gasteiger partial charge in [-0.1, -0.05) is 41.5 Å².